The summed E-state index contributed by atoms with van der Waals surface area (Å²) in [6.07, 6.45) is 29.0. The molecule has 4 heteroatoms. The van der Waals surface area contributed by atoms with Crippen LogP contribution >= 0.6 is 0 Å². The molecule has 0 fully saturated rings. The van der Waals surface area contributed by atoms with E-state index < -0.39 is 17.7 Å². The Labute approximate surface area is 169 Å². The normalized spacial score (nSPS) is 14.8. The molecule has 0 bridgehead atoms. The van der Waals surface area contributed by atoms with Gasteiger partial charge in [0.25, 0.3) is 11.8 Å². The first-order chi connectivity index (χ1) is 13.7. The summed E-state index contributed by atoms with van der Waals surface area (Å²) in [7, 11) is 0. The average Bonchev–Trinajstić information content (AvgIpc) is 3.02. The molecule has 1 aliphatic heterocycles. The molecule has 0 radical (unpaired) electrons. The van der Waals surface area contributed by atoms with Gasteiger partial charge < -0.3 is 0 Å². The second-order valence-electron chi connectivity index (χ2n) is 6.72. The second-order valence-corrected chi connectivity index (χ2v) is 6.72. The summed E-state index contributed by atoms with van der Waals surface area (Å²) in [4.78, 5) is 35.3. The fraction of sp³-hybridized carbons (Fsp3) is 0.458. The number of hydrogen-bond acceptors (Lipinski definition) is 3. The molecule has 0 saturated heterocycles. The van der Waals surface area contributed by atoms with Crippen molar-refractivity contribution >= 4 is 17.7 Å². The van der Waals surface area contributed by atoms with Crippen molar-refractivity contribution in [2.45, 2.75) is 71.1 Å². The predicted octanol–water partition coefficient (Wildman–Crippen LogP) is 5.58. The van der Waals surface area contributed by atoms with E-state index in [1.807, 2.05) is 6.08 Å². The summed E-state index contributed by atoms with van der Waals surface area (Å²) in [6, 6.07) is 0. The summed E-state index contributed by atoms with van der Waals surface area (Å²) in [5.74, 6) is -1.49. The van der Waals surface area contributed by atoms with Crippen LogP contribution in [0.25, 0.3) is 0 Å². The van der Waals surface area contributed by atoms with Crippen molar-refractivity contribution in [2.75, 3.05) is 0 Å². The SMILES string of the molecule is CCCCC/C=C\C/C=C\C/C=C\C/C=C\CCCC(=O)N1C(=O)C=CC1=O. The lowest BCUT2D eigenvalue weighted by Crippen LogP contribution is -2.36. The van der Waals surface area contributed by atoms with Crippen LogP contribution in [0.15, 0.2) is 60.8 Å². The zero-order chi connectivity index (χ0) is 20.5. The highest BCUT2D eigenvalue weighted by atomic mass is 16.2. The molecule has 152 valence electrons. The van der Waals surface area contributed by atoms with Crippen LogP contribution in [0.1, 0.15) is 71.1 Å². The minimum absolute atomic E-state index is 0.206. The first-order valence-electron chi connectivity index (χ1n) is 10.4. The van der Waals surface area contributed by atoms with Crippen molar-refractivity contribution in [3.8, 4) is 0 Å². The number of hydrogen-bond donors (Lipinski definition) is 0. The van der Waals surface area contributed by atoms with E-state index >= 15 is 0 Å². The summed E-state index contributed by atoms with van der Waals surface area (Å²) in [5.41, 5.74) is 0. The van der Waals surface area contributed by atoms with Crippen molar-refractivity contribution in [1.82, 2.24) is 4.90 Å². The third kappa shape index (κ3) is 10.6. The predicted molar refractivity (Wildman–Crippen MR) is 114 cm³/mol. The lowest BCUT2D eigenvalue weighted by atomic mass is 10.2. The molecule has 28 heavy (non-hydrogen) atoms. The van der Waals surface area contributed by atoms with Crippen molar-refractivity contribution in [1.29, 1.82) is 0 Å². The molecule has 4 nitrogen and oxygen atoms in total. The monoisotopic (exact) mass is 383 g/mol. The van der Waals surface area contributed by atoms with Gasteiger partial charge in [-0.05, 0) is 44.9 Å². The first kappa shape index (κ1) is 23.5. The van der Waals surface area contributed by atoms with Gasteiger partial charge in [0.2, 0.25) is 5.91 Å². The molecular formula is C24H33NO3. The van der Waals surface area contributed by atoms with E-state index in [0.29, 0.717) is 11.3 Å². The highest BCUT2D eigenvalue weighted by molar-refractivity contribution is 6.22. The van der Waals surface area contributed by atoms with E-state index in [1.165, 1.54) is 25.7 Å². The molecule has 0 spiro atoms. The van der Waals surface area contributed by atoms with Crippen LogP contribution < -0.4 is 0 Å². The Kier molecular flexibility index (Phi) is 13.1. The number of rotatable bonds is 14. The van der Waals surface area contributed by atoms with Gasteiger partial charge in [-0.1, -0.05) is 68.4 Å². The van der Waals surface area contributed by atoms with Crippen molar-refractivity contribution in [3.63, 3.8) is 0 Å². The van der Waals surface area contributed by atoms with Crippen LogP contribution in [0.3, 0.4) is 0 Å². The van der Waals surface area contributed by atoms with Gasteiger partial charge in [-0.15, -0.1) is 0 Å². The molecule has 1 rings (SSSR count). The Balaban J connectivity index is 2.00. The molecule has 0 atom stereocenters. The quantitative estimate of drug-likeness (QED) is 0.223. The first-order valence-corrected chi connectivity index (χ1v) is 10.4. The Morgan fingerprint density at radius 1 is 0.750 bits per heavy atom. The summed E-state index contributed by atoms with van der Waals surface area (Å²) in [6.45, 7) is 2.22. The Morgan fingerprint density at radius 3 is 1.71 bits per heavy atom. The summed E-state index contributed by atoms with van der Waals surface area (Å²) < 4.78 is 0. The zero-order valence-corrected chi connectivity index (χ0v) is 17.0. The maximum Gasteiger partial charge on any atom is 0.260 e. The topological polar surface area (TPSA) is 54.5 Å². The highest BCUT2D eigenvalue weighted by Crippen LogP contribution is 2.09. The molecule has 0 aromatic rings. The lowest BCUT2D eigenvalue weighted by Gasteiger charge is -2.10. The zero-order valence-electron chi connectivity index (χ0n) is 17.0. The van der Waals surface area contributed by atoms with Crippen molar-refractivity contribution < 1.29 is 14.4 Å². The number of unbranched alkanes of at least 4 members (excludes halogenated alkanes) is 4. The van der Waals surface area contributed by atoms with E-state index in [0.717, 1.165) is 37.8 Å². The van der Waals surface area contributed by atoms with E-state index in [4.69, 9.17) is 0 Å². The van der Waals surface area contributed by atoms with Crippen LogP contribution in [-0.4, -0.2) is 22.6 Å². The van der Waals surface area contributed by atoms with Crippen LogP contribution in [0.4, 0.5) is 0 Å². The van der Waals surface area contributed by atoms with Crippen LogP contribution in [0, 0.1) is 0 Å². The fourth-order valence-corrected chi connectivity index (χ4v) is 2.69. The summed E-state index contributed by atoms with van der Waals surface area (Å²) in [5, 5.41) is 0. The molecule has 0 N–H and O–H groups in total. The molecule has 0 unspecified atom stereocenters. The smallest absolute Gasteiger partial charge is 0.260 e. The minimum Gasteiger partial charge on any atom is -0.274 e. The van der Waals surface area contributed by atoms with E-state index in [2.05, 4.69) is 49.5 Å². The van der Waals surface area contributed by atoms with Crippen molar-refractivity contribution in [3.05, 3.63) is 60.8 Å². The highest BCUT2D eigenvalue weighted by Gasteiger charge is 2.28. The molecule has 1 heterocycles. The Morgan fingerprint density at radius 2 is 1.21 bits per heavy atom. The Hall–Kier alpha value is -2.49. The maximum atomic E-state index is 11.8. The van der Waals surface area contributed by atoms with Gasteiger partial charge in [0, 0.05) is 18.6 Å². The van der Waals surface area contributed by atoms with Gasteiger partial charge in [-0.3, -0.25) is 14.4 Å². The summed E-state index contributed by atoms with van der Waals surface area (Å²) >= 11 is 0. The average molecular weight is 384 g/mol. The van der Waals surface area contributed by atoms with E-state index in [9.17, 15) is 14.4 Å². The van der Waals surface area contributed by atoms with Crippen molar-refractivity contribution in [2.24, 2.45) is 0 Å². The van der Waals surface area contributed by atoms with E-state index in [-0.39, 0.29) is 6.42 Å². The van der Waals surface area contributed by atoms with Gasteiger partial charge in [0.15, 0.2) is 0 Å². The molecule has 0 aromatic carbocycles. The molecule has 3 amide bonds. The van der Waals surface area contributed by atoms with Crippen LogP contribution in [-0.2, 0) is 14.4 Å². The number of carbonyl (C=O) groups excluding carboxylic acids is 3. The van der Waals surface area contributed by atoms with Gasteiger partial charge in [-0.25, -0.2) is 4.90 Å². The fourth-order valence-electron chi connectivity index (χ4n) is 2.69. The number of nitrogens with zero attached hydrogens (tertiary/aromatic N) is 1. The molecule has 1 aliphatic rings. The largest absolute Gasteiger partial charge is 0.274 e. The lowest BCUT2D eigenvalue weighted by molar-refractivity contribution is -0.148. The van der Waals surface area contributed by atoms with Crippen LogP contribution in [0.5, 0.6) is 0 Å². The van der Waals surface area contributed by atoms with Gasteiger partial charge in [0.05, 0.1) is 0 Å². The van der Waals surface area contributed by atoms with Gasteiger partial charge in [-0.2, -0.15) is 0 Å². The molecule has 0 saturated carbocycles. The third-order valence-corrected chi connectivity index (χ3v) is 4.28. The standard InChI is InChI=1S/C24H33NO3/c1-2-3-4-5-6-7-8-9-10-11-12-13-14-15-16-17-18-19-22(26)25-23(27)20-21-24(25)28/h6-7,9-10,12-13,15-16,20-21H,2-5,8,11,14,17-19H2,1H3/b7-6-,10-9-,13-12-,16-15-. The molecule has 0 aromatic heterocycles. The number of imide groups is 3. The maximum absolute atomic E-state index is 11.8. The minimum atomic E-state index is -0.535. The third-order valence-electron chi connectivity index (χ3n) is 4.28. The van der Waals surface area contributed by atoms with Gasteiger partial charge in [0.1, 0.15) is 0 Å². The molecule has 0 aliphatic carbocycles. The number of allylic oxidation sites excluding steroid dienone is 8. The second kappa shape index (κ2) is 15.6. The molecular weight excluding hydrogens is 350 g/mol. The Bertz CT molecular complexity index is 620. The van der Waals surface area contributed by atoms with Crippen LogP contribution in [0.2, 0.25) is 0 Å². The van der Waals surface area contributed by atoms with E-state index in [1.54, 1.807) is 0 Å². The number of amides is 3. The number of carbonyl (C=O) groups is 3. The van der Waals surface area contributed by atoms with Gasteiger partial charge >= 0.3 is 0 Å².